The van der Waals surface area contributed by atoms with Gasteiger partial charge in [0.2, 0.25) is 5.91 Å². The fraction of sp³-hybridized carbons (Fsp3) is 0.211. The third-order valence-corrected chi connectivity index (χ3v) is 5.02. The first-order chi connectivity index (χ1) is 13.5. The van der Waals surface area contributed by atoms with Crippen molar-refractivity contribution in [3.8, 4) is 11.6 Å². The molecule has 0 spiro atoms. The minimum atomic E-state index is -0.140. The molecule has 4 aromatic rings. The molecule has 2 N–H and O–H groups in total. The number of fused-ring (bicyclic) bond motifs is 2. The van der Waals surface area contributed by atoms with Crippen LogP contribution in [0.4, 0.5) is 5.82 Å². The maximum atomic E-state index is 12.4. The summed E-state index contributed by atoms with van der Waals surface area (Å²) in [6.45, 7) is 3.74. The maximum absolute atomic E-state index is 12.4. The molecule has 0 fully saturated rings. The second kappa shape index (κ2) is 5.88. The maximum Gasteiger partial charge on any atom is 0.226 e. The summed E-state index contributed by atoms with van der Waals surface area (Å²) in [5.74, 6) is 1.81. The topological polar surface area (TPSA) is 110 Å². The van der Waals surface area contributed by atoms with E-state index in [1.807, 2.05) is 32.0 Å². The third-order valence-electron chi connectivity index (χ3n) is 5.02. The first kappa shape index (κ1) is 16.4. The van der Waals surface area contributed by atoms with Crippen molar-refractivity contribution in [2.45, 2.75) is 26.2 Å². The van der Waals surface area contributed by atoms with E-state index in [2.05, 4.69) is 25.7 Å². The molecule has 4 heterocycles. The number of hydrogen-bond acceptors (Lipinski definition) is 6. The van der Waals surface area contributed by atoms with Crippen molar-refractivity contribution in [3.05, 3.63) is 59.0 Å². The van der Waals surface area contributed by atoms with Crippen LogP contribution in [0.1, 0.15) is 35.0 Å². The predicted octanol–water partition coefficient (Wildman–Crippen LogP) is 2.11. The number of phenols is 1. The van der Waals surface area contributed by atoms with Gasteiger partial charge in [-0.1, -0.05) is 12.1 Å². The molecule has 9 heteroatoms. The Morgan fingerprint density at radius 2 is 1.86 bits per heavy atom. The number of aryl methyl sites for hydroxylation is 2. The highest BCUT2D eigenvalue weighted by molar-refractivity contribution is 5.95. The zero-order valence-corrected chi connectivity index (χ0v) is 15.3. The Balaban J connectivity index is 1.68. The molecule has 3 aromatic heterocycles. The Labute approximate surface area is 159 Å². The Bertz CT molecular complexity index is 1220. The van der Waals surface area contributed by atoms with E-state index < -0.39 is 0 Å². The molecule has 0 unspecified atom stereocenters. The van der Waals surface area contributed by atoms with Crippen LogP contribution < -0.4 is 5.32 Å². The number of benzene rings is 1. The van der Waals surface area contributed by atoms with Gasteiger partial charge < -0.3 is 10.4 Å². The van der Waals surface area contributed by atoms with E-state index in [1.165, 1.54) is 0 Å². The van der Waals surface area contributed by atoms with Crippen LogP contribution in [0.2, 0.25) is 0 Å². The van der Waals surface area contributed by atoms with Crippen LogP contribution in [0, 0.1) is 13.8 Å². The lowest BCUT2D eigenvalue weighted by Crippen LogP contribution is -2.25. The lowest BCUT2D eigenvalue weighted by atomic mass is 9.86. The Hall–Kier alpha value is -3.75. The van der Waals surface area contributed by atoms with E-state index in [0.717, 1.165) is 16.8 Å². The van der Waals surface area contributed by atoms with Crippen molar-refractivity contribution in [3.63, 3.8) is 0 Å². The van der Waals surface area contributed by atoms with Gasteiger partial charge in [-0.2, -0.15) is 14.3 Å². The van der Waals surface area contributed by atoms with E-state index in [1.54, 1.807) is 27.4 Å². The fourth-order valence-electron chi connectivity index (χ4n) is 3.70. The predicted molar refractivity (Wildman–Crippen MR) is 101 cm³/mol. The Kier molecular flexibility index (Phi) is 3.45. The molecule has 0 aliphatic carbocycles. The summed E-state index contributed by atoms with van der Waals surface area (Å²) < 4.78 is 3.29. The summed E-state index contributed by atoms with van der Waals surface area (Å²) in [7, 11) is 0. The van der Waals surface area contributed by atoms with Crippen LogP contribution in [0.15, 0.2) is 36.4 Å². The molecule has 0 saturated heterocycles. The number of phenolic OH excluding ortho intramolecular Hbond substituents is 1. The average molecular weight is 375 g/mol. The zero-order chi connectivity index (χ0) is 19.4. The standard InChI is InChI=1S/C19H17N7O2/c1-10-18-14(12-3-5-13(27)6-4-12)9-17(28)20-19(18)26(23-10)16-8-7-15-22-21-11(2)25(15)24-16/h3-8,14,27H,9H2,1-2H3,(H,20,28)/t14-/m1/s1. The van der Waals surface area contributed by atoms with E-state index in [0.29, 0.717) is 29.5 Å². The van der Waals surface area contributed by atoms with Crippen molar-refractivity contribution in [1.29, 1.82) is 0 Å². The van der Waals surface area contributed by atoms with Crippen molar-refractivity contribution in [2.75, 3.05) is 5.32 Å². The Morgan fingerprint density at radius 1 is 1.07 bits per heavy atom. The monoisotopic (exact) mass is 375 g/mol. The van der Waals surface area contributed by atoms with Gasteiger partial charge >= 0.3 is 0 Å². The van der Waals surface area contributed by atoms with Crippen LogP contribution in [0.3, 0.4) is 0 Å². The van der Waals surface area contributed by atoms with Crippen LogP contribution in [0.25, 0.3) is 11.5 Å². The largest absolute Gasteiger partial charge is 0.508 e. The van der Waals surface area contributed by atoms with E-state index in [9.17, 15) is 9.90 Å². The first-order valence-electron chi connectivity index (χ1n) is 8.89. The van der Waals surface area contributed by atoms with Gasteiger partial charge in [-0.05, 0) is 43.7 Å². The Morgan fingerprint density at radius 3 is 2.64 bits per heavy atom. The minimum Gasteiger partial charge on any atom is -0.508 e. The normalized spacial score (nSPS) is 16.2. The van der Waals surface area contributed by atoms with Gasteiger partial charge in [-0.15, -0.1) is 15.3 Å². The van der Waals surface area contributed by atoms with Crippen LogP contribution in [-0.2, 0) is 4.79 Å². The number of carbonyl (C=O) groups is 1. The van der Waals surface area contributed by atoms with Gasteiger partial charge in [-0.3, -0.25) is 4.79 Å². The molecule has 9 nitrogen and oxygen atoms in total. The molecule has 28 heavy (non-hydrogen) atoms. The van der Waals surface area contributed by atoms with Gasteiger partial charge in [0.1, 0.15) is 11.6 Å². The molecule has 1 aromatic carbocycles. The molecule has 140 valence electrons. The second-order valence-corrected chi connectivity index (χ2v) is 6.86. The molecule has 0 saturated carbocycles. The van der Waals surface area contributed by atoms with Gasteiger partial charge in [0.15, 0.2) is 17.3 Å². The van der Waals surface area contributed by atoms with Crippen molar-refractivity contribution < 1.29 is 9.90 Å². The SMILES string of the molecule is Cc1nn(-c2ccc3nnc(C)n3n2)c2c1[C@@H](c1ccc(O)cc1)CC(=O)N2. The summed E-state index contributed by atoms with van der Waals surface area (Å²) in [6, 6.07) is 10.5. The molecule has 0 bridgehead atoms. The van der Waals surface area contributed by atoms with Crippen LogP contribution >= 0.6 is 0 Å². The highest BCUT2D eigenvalue weighted by Gasteiger charge is 2.33. The third kappa shape index (κ3) is 2.43. The van der Waals surface area contributed by atoms with Gasteiger partial charge in [0.25, 0.3) is 0 Å². The van der Waals surface area contributed by atoms with E-state index in [-0.39, 0.29) is 17.6 Å². The number of hydrogen-bond donors (Lipinski definition) is 2. The van der Waals surface area contributed by atoms with Crippen LogP contribution in [0.5, 0.6) is 5.75 Å². The van der Waals surface area contributed by atoms with Crippen molar-refractivity contribution in [1.82, 2.24) is 29.6 Å². The zero-order valence-electron chi connectivity index (χ0n) is 15.3. The number of anilines is 1. The summed E-state index contributed by atoms with van der Waals surface area (Å²) in [4.78, 5) is 12.4. The lowest BCUT2D eigenvalue weighted by molar-refractivity contribution is -0.116. The average Bonchev–Trinajstić information content (AvgIpc) is 3.22. The molecule has 0 radical (unpaired) electrons. The molecule has 1 aliphatic rings. The number of nitrogens with one attached hydrogen (secondary N) is 1. The highest BCUT2D eigenvalue weighted by Crippen LogP contribution is 2.40. The fourth-order valence-corrected chi connectivity index (χ4v) is 3.70. The van der Waals surface area contributed by atoms with Crippen molar-refractivity contribution in [2.24, 2.45) is 0 Å². The molecule has 1 aliphatic heterocycles. The summed E-state index contributed by atoms with van der Waals surface area (Å²) in [5, 5.41) is 29.8. The van der Waals surface area contributed by atoms with Gasteiger partial charge in [0, 0.05) is 17.9 Å². The molecular weight excluding hydrogens is 358 g/mol. The van der Waals surface area contributed by atoms with E-state index >= 15 is 0 Å². The van der Waals surface area contributed by atoms with Gasteiger partial charge in [-0.25, -0.2) is 0 Å². The number of aromatic nitrogens is 6. The summed E-state index contributed by atoms with van der Waals surface area (Å²) >= 11 is 0. The number of amides is 1. The van der Waals surface area contributed by atoms with Crippen molar-refractivity contribution >= 4 is 17.4 Å². The molecular formula is C19H17N7O2. The summed E-state index contributed by atoms with van der Waals surface area (Å²) in [6.07, 6.45) is 0.321. The highest BCUT2D eigenvalue weighted by atomic mass is 16.3. The smallest absolute Gasteiger partial charge is 0.226 e. The lowest BCUT2D eigenvalue weighted by Gasteiger charge is -2.24. The number of aromatic hydroxyl groups is 1. The summed E-state index contributed by atoms with van der Waals surface area (Å²) in [5.41, 5.74) is 3.36. The quantitative estimate of drug-likeness (QED) is 0.555. The molecule has 5 rings (SSSR count). The van der Waals surface area contributed by atoms with Gasteiger partial charge in [0.05, 0.1) is 5.69 Å². The second-order valence-electron chi connectivity index (χ2n) is 6.86. The first-order valence-corrected chi connectivity index (χ1v) is 8.89. The minimum absolute atomic E-state index is 0.0896. The van der Waals surface area contributed by atoms with E-state index in [4.69, 9.17) is 0 Å². The molecule has 1 amide bonds. The number of rotatable bonds is 2. The molecule has 1 atom stereocenters. The number of nitrogens with zero attached hydrogens (tertiary/aromatic N) is 6. The number of carbonyl (C=O) groups excluding carboxylic acids is 1. The van der Waals surface area contributed by atoms with Crippen LogP contribution in [-0.4, -0.2) is 40.6 Å².